The number of hydrogen-bond donors (Lipinski definition) is 2. The van der Waals surface area contributed by atoms with Crippen molar-refractivity contribution in [3.63, 3.8) is 0 Å². The number of phenolic OH excluding ortho intramolecular Hbond substituents is 1. The molecule has 156 valence electrons. The summed E-state index contributed by atoms with van der Waals surface area (Å²) < 4.78 is 13.2. The average Bonchev–Trinajstić information content (AvgIpc) is 2.75. The minimum absolute atomic E-state index is 0.244. The number of hydrogen-bond acceptors (Lipinski definition) is 3. The van der Waals surface area contributed by atoms with E-state index in [4.69, 9.17) is 4.99 Å². The fourth-order valence-electron chi connectivity index (χ4n) is 3.18. The molecule has 0 spiro atoms. The number of aliphatic imine (C=N–C) groups is 1. The van der Waals surface area contributed by atoms with Gasteiger partial charge in [0.1, 0.15) is 17.4 Å². The first-order valence-corrected chi connectivity index (χ1v) is 10.0. The van der Waals surface area contributed by atoms with E-state index < -0.39 is 0 Å². The van der Waals surface area contributed by atoms with E-state index in [9.17, 15) is 9.50 Å². The summed E-state index contributed by atoms with van der Waals surface area (Å²) in [5, 5.41) is 12.8. The summed E-state index contributed by atoms with van der Waals surface area (Å²) in [5.41, 5.74) is 4.46. The molecule has 3 aromatic rings. The molecule has 0 aliphatic carbocycles. The minimum atomic E-state index is -0.244. The van der Waals surface area contributed by atoms with E-state index in [2.05, 4.69) is 41.4 Å². The standard InChI is InChI=1S/C25H28FN3O/c1-19-3-5-20(6-4-19)15-25(28-16-21-7-11-23(26)12-8-21)29(18-27-2)17-22-9-13-24(30)14-10-22/h3-14,27,30H,15-18H2,1-2H3. The number of nitrogens with zero attached hydrogens (tertiary/aromatic N) is 2. The van der Waals surface area contributed by atoms with Crippen LogP contribution in [0.15, 0.2) is 77.8 Å². The van der Waals surface area contributed by atoms with Crippen LogP contribution in [0.4, 0.5) is 4.39 Å². The highest BCUT2D eigenvalue weighted by Crippen LogP contribution is 2.15. The Morgan fingerprint density at radius 1 is 0.900 bits per heavy atom. The summed E-state index contributed by atoms with van der Waals surface area (Å²) >= 11 is 0. The molecule has 0 amide bonds. The second kappa shape index (κ2) is 10.6. The maximum atomic E-state index is 13.2. The van der Waals surface area contributed by atoms with Crippen molar-refractivity contribution in [3.8, 4) is 5.75 Å². The molecular formula is C25H28FN3O. The largest absolute Gasteiger partial charge is 0.508 e. The summed E-state index contributed by atoms with van der Waals surface area (Å²) in [6, 6.07) is 22.2. The van der Waals surface area contributed by atoms with Gasteiger partial charge >= 0.3 is 0 Å². The van der Waals surface area contributed by atoms with Gasteiger partial charge in [-0.3, -0.25) is 4.99 Å². The lowest BCUT2D eigenvalue weighted by Gasteiger charge is -2.27. The highest BCUT2D eigenvalue weighted by molar-refractivity contribution is 5.84. The van der Waals surface area contributed by atoms with Gasteiger partial charge in [0.25, 0.3) is 0 Å². The normalized spacial score (nSPS) is 11.5. The van der Waals surface area contributed by atoms with Gasteiger partial charge in [-0.05, 0) is 54.9 Å². The van der Waals surface area contributed by atoms with Crippen LogP contribution in [-0.2, 0) is 19.5 Å². The van der Waals surface area contributed by atoms with Crippen molar-refractivity contribution in [1.82, 2.24) is 10.2 Å². The second-order valence-electron chi connectivity index (χ2n) is 7.40. The van der Waals surface area contributed by atoms with Gasteiger partial charge in [0, 0.05) is 13.0 Å². The quantitative estimate of drug-likeness (QED) is 0.326. The second-order valence-corrected chi connectivity index (χ2v) is 7.40. The Morgan fingerprint density at radius 3 is 2.13 bits per heavy atom. The number of halogens is 1. The Hall–Kier alpha value is -3.18. The Bertz CT molecular complexity index is 951. The van der Waals surface area contributed by atoms with Gasteiger partial charge < -0.3 is 15.3 Å². The molecule has 0 bridgehead atoms. The lowest BCUT2D eigenvalue weighted by atomic mass is 10.1. The summed E-state index contributed by atoms with van der Waals surface area (Å²) in [7, 11) is 1.91. The molecule has 0 aromatic heterocycles. The Balaban J connectivity index is 1.86. The summed E-state index contributed by atoms with van der Waals surface area (Å²) in [5.74, 6) is 0.959. The van der Waals surface area contributed by atoms with E-state index in [1.807, 2.05) is 19.2 Å². The van der Waals surface area contributed by atoms with Crippen molar-refractivity contribution < 1.29 is 9.50 Å². The number of aromatic hydroxyl groups is 1. The van der Waals surface area contributed by atoms with Gasteiger partial charge in [-0.25, -0.2) is 4.39 Å². The predicted octanol–water partition coefficient (Wildman–Crippen LogP) is 4.66. The minimum Gasteiger partial charge on any atom is -0.508 e. The molecule has 2 N–H and O–H groups in total. The number of amidine groups is 1. The van der Waals surface area contributed by atoms with Crippen LogP contribution in [-0.4, -0.2) is 29.6 Å². The molecule has 30 heavy (non-hydrogen) atoms. The zero-order valence-corrected chi connectivity index (χ0v) is 17.5. The van der Waals surface area contributed by atoms with Gasteiger partial charge in [0.2, 0.25) is 0 Å². The van der Waals surface area contributed by atoms with Crippen molar-refractivity contribution in [2.24, 2.45) is 4.99 Å². The van der Waals surface area contributed by atoms with E-state index in [0.29, 0.717) is 26.2 Å². The van der Waals surface area contributed by atoms with Crippen LogP contribution < -0.4 is 5.32 Å². The predicted molar refractivity (Wildman–Crippen MR) is 120 cm³/mol. The molecule has 5 heteroatoms. The van der Waals surface area contributed by atoms with Gasteiger partial charge in [-0.1, -0.05) is 54.1 Å². The zero-order chi connectivity index (χ0) is 21.3. The van der Waals surface area contributed by atoms with Crippen molar-refractivity contribution in [3.05, 3.63) is 101 Å². The Morgan fingerprint density at radius 2 is 1.50 bits per heavy atom. The molecule has 3 aromatic carbocycles. The molecule has 0 saturated heterocycles. The maximum Gasteiger partial charge on any atom is 0.123 e. The molecule has 0 radical (unpaired) electrons. The third-order valence-corrected chi connectivity index (χ3v) is 4.86. The molecule has 0 aliphatic heterocycles. The number of phenols is 1. The first kappa shape index (κ1) is 21.5. The van der Waals surface area contributed by atoms with Crippen LogP contribution in [0, 0.1) is 12.7 Å². The van der Waals surface area contributed by atoms with Gasteiger partial charge in [-0.15, -0.1) is 0 Å². The number of nitrogens with one attached hydrogen (secondary N) is 1. The molecular weight excluding hydrogens is 377 g/mol. The Kier molecular flexibility index (Phi) is 7.57. The summed E-state index contributed by atoms with van der Waals surface area (Å²) in [6.07, 6.45) is 0.696. The maximum absolute atomic E-state index is 13.2. The summed E-state index contributed by atoms with van der Waals surface area (Å²) in [4.78, 5) is 7.09. The number of aryl methyl sites for hydroxylation is 1. The molecule has 3 rings (SSSR count). The van der Waals surface area contributed by atoms with Crippen molar-refractivity contribution in [2.75, 3.05) is 13.7 Å². The van der Waals surface area contributed by atoms with Crippen molar-refractivity contribution in [1.29, 1.82) is 0 Å². The van der Waals surface area contributed by atoms with E-state index in [0.717, 1.165) is 17.0 Å². The van der Waals surface area contributed by atoms with Crippen molar-refractivity contribution in [2.45, 2.75) is 26.4 Å². The molecule has 0 unspecified atom stereocenters. The lowest BCUT2D eigenvalue weighted by molar-refractivity contribution is 0.382. The van der Waals surface area contributed by atoms with E-state index in [1.54, 1.807) is 24.3 Å². The fraction of sp³-hybridized carbons (Fsp3) is 0.240. The smallest absolute Gasteiger partial charge is 0.123 e. The van der Waals surface area contributed by atoms with Crippen LogP contribution in [0.2, 0.25) is 0 Å². The van der Waals surface area contributed by atoms with E-state index >= 15 is 0 Å². The fourth-order valence-corrected chi connectivity index (χ4v) is 3.18. The van der Waals surface area contributed by atoms with Crippen molar-refractivity contribution >= 4 is 5.84 Å². The van der Waals surface area contributed by atoms with Crippen LogP contribution in [0.1, 0.15) is 22.3 Å². The van der Waals surface area contributed by atoms with Crippen LogP contribution >= 0.6 is 0 Å². The molecule has 0 atom stereocenters. The molecule has 0 fully saturated rings. The van der Waals surface area contributed by atoms with E-state index in [1.165, 1.54) is 23.3 Å². The lowest BCUT2D eigenvalue weighted by Crippen LogP contribution is -2.38. The van der Waals surface area contributed by atoms with Gasteiger partial charge in [0.05, 0.1) is 13.2 Å². The van der Waals surface area contributed by atoms with Crippen LogP contribution in [0.5, 0.6) is 5.75 Å². The first-order chi connectivity index (χ1) is 14.5. The van der Waals surface area contributed by atoms with Crippen LogP contribution in [0.25, 0.3) is 0 Å². The van der Waals surface area contributed by atoms with Gasteiger partial charge in [0.15, 0.2) is 0 Å². The topological polar surface area (TPSA) is 47.9 Å². The van der Waals surface area contributed by atoms with E-state index in [-0.39, 0.29) is 11.6 Å². The first-order valence-electron chi connectivity index (χ1n) is 10.0. The molecule has 0 aliphatic rings. The SMILES string of the molecule is CNCN(Cc1ccc(O)cc1)C(Cc1ccc(C)cc1)=NCc1ccc(F)cc1. The molecule has 0 heterocycles. The number of benzene rings is 3. The monoisotopic (exact) mass is 405 g/mol. The average molecular weight is 406 g/mol. The highest BCUT2D eigenvalue weighted by Gasteiger charge is 2.13. The third kappa shape index (κ3) is 6.42. The zero-order valence-electron chi connectivity index (χ0n) is 17.5. The highest BCUT2D eigenvalue weighted by atomic mass is 19.1. The van der Waals surface area contributed by atoms with Gasteiger partial charge in [-0.2, -0.15) is 0 Å². The molecule has 4 nitrogen and oxygen atoms in total. The Labute approximate surface area is 177 Å². The molecule has 0 saturated carbocycles. The van der Waals surface area contributed by atoms with Crippen LogP contribution in [0.3, 0.4) is 0 Å². The third-order valence-electron chi connectivity index (χ3n) is 4.86. The number of rotatable bonds is 8. The summed E-state index contributed by atoms with van der Waals surface area (Å²) in [6.45, 7) is 3.85.